The topological polar surface area (TPSA) is 100.0 Å². The Morgan fingerprint density at radius 3 is 2.39 bits per heavy atom. The van der Waals surface area contributed by atoms with Crippen LogP contribution >= 0.6 is 0 Å². The summed E-state index contributed by atoms with van der Waals surface area (Å²) in [5.74, 6) is 1.96. The Bertz CT molecular complexity index is 1620. The number of benzene rings is 2. The second kappa shape index (κ2) is 14.8. The number of ether oxygens (including phenoxy) is 2. The second-order valence-electron chi connectivity index (χ2n) is 14.8. The molecule has 0 bridgehead atoms. The van der Waals surface area contributed by atoms with Crippen LogP contribution in [0.5, 0.6) is 5.75 Å². The number of carbonyl (C=O) groups is 2. The fourth-order valence-corrected chi connectivity index (χ4v) is 8.74. The molecule has 1 saturated heterocycles. The van der Waals surface area contributed by atoms with Crippen LogP contribution in [0.2, 0.25) is 0 Å². The maximum atomic E-state index is 14.5. The van der Waals surface area contributed by atoms with E-state index in [9.17, 15) is 14.1 Å². The molecule has 3 saturated carbocycles. The summed E-state index contributed by atoms with van der Waals surface area (Å²) in [5.41, 5.74) is 5.67. The standard InChI is InChI=1S/C39H50N4O5S/c1-26-19-31(13-18-37(26)47-2)28-9-7-27(8-10-28)22-42(34-6-4-5-30(20-34)32-21-40-43(23-32)33-14-15-33)38(44)29-11-16-35(17-12-29)48-39(45)41-24-36(25-41)49(3)46/h4-6,13,18-21,23,27-29,33,35-36H,7-12,14-17,22,24-25H2,1-3H3/t27-,28-,29-,35-,49?. The number of methoxy groups -OCH3 is 1. The summed E-state index contributed by atoms with van der Waals surface area (Å²) in [6.45, 7) is 3.81. The molecule has 2 aromatic carbocycles. The number of rotatable bonds is 10. The summed E-state index contributed by atoms with van der Waals surface area (Å²) >= 11 is -0.925. The highest BCUT2D eigenvalue weighted by Gasteiger charge is 2.40. The van der Waals surface area contributed by atoms with Crippen molar-refractivity contribution in [1.29, 1.82) is 0 Å². The lowest BCUT2D eigenvalue weighted by Crippen LogP contribution is -2.57. The summed E-state index contributed by atoms with van der Waals surface area (Å²) in [4.78, 5) is 30.8. The maximum Gasteiger partial charge on any atom is 0.410 e. The SMILES string of the molecule is COc1ccc([C@H]2CC[C@H](CN(c3cccc(-c4cnn(C5CC5)c4)c3)C(=O)[C@H]3CC[C@H](OC(=O)N4CC([S+](C)[O-])C4)CC3)CC2)cc1C. The first-order valence-corrected chi connectivity index (χ1v) is 19.8. The van der Waals surface area contributed by atoms with E-state index in [1.54, 1.807) is 18.3 Å². The molecule has 4 aliphatic rings. The van der Waals surface area contributed by atoms with Crippen LogP contribution in [0, 0.1) is 18.8 Å². The predicted octanol–water partition coefficient (Wildman–Crippen LogP) is 7.27. The number of aromatic nitrogens is 2. The molecular weight excluding hydrogens is 637 g/mol. The number of anilines is 1. The Morgan fingerprint density at radius 2 is 1.71 bits per heavy atom. The Balaban J connectivity index is 1.02. The molecule has 3 aliphatic carbocycles. The van der Waals surface area contributed by atoms with Crippen LogP contribution in [0.25, 0.3) is 11.1 Å². The lowest BCUT2D eigenvalue weighted by atomic mass is 9.78. The first-order chi connectivity index (χ1) is 23.7. The highest BCUT2D eigenvalue weighted by molar-refractivity contribution is 7.91. The third-order valence-corrected chi connectivity index (χ3v) is 12.6. The molecule has 2 amide bonds. The highest BCUT2D eigenvalue weighted by atomic mass is 32.2. The largest absolute Gasteiger partial charge is 0.616 e. The van der Waals surface area contributed by atoms with Crippen LogP contribution in [0.1, 0.15) is 87.3 Å². The number of nitrogens with zero attached hydrogens (tertiary/aromatic N) is 4. The van der Waals surface area contributed by atoms with Gasteiger partial charge in [0.15, 0.2) is 5.25 Å². The lowest BCUT2D eigenvalue weighted by molar-refractivity contribution is -0.124. The minimum Gasteiger partial charge on any atom is -0.616 e. The van der Waals surface area contributed by atoms with Crippen LogP contribution in [0.3, 0.4) is 0 Å². The fraction of sp³-hybridized carbons (Fsp3) is 0.564. The molecule has 1 aliphatic heterocycles. The lowest BCUT2D eigenvalue weighted by Gasteiger charge is -2.39. The molecule has 49 heavy (non-hydrogen) atoms. The molecule has 1 aromatic heterocycles. The van der Waals surface area contributed by atoms with Crippen molar-refractivity contribution in [1.82, 2.24) is 14.7 Å². The Labute approximate surface area is 293 Å². The zero-order chi connectivity index (χ0) is 34.1. The van der Waals surface area contributed by atoms with Crippen molar-refractivity contribution in [3.63, 3.8) is 0 Å². The average Bonchev–Trinajstić information content (AvgIpc) is 3.82. The third-order valence-electron chi connectivity index (χ3n) is 11.3. The molecule has 10 heteroatoms. The van der Waals surface area contributed by atoms with Gasteiger partial charge in [-0.2, -0.15) is 5.10 Å². The zero-order valence-electron chi connectivity index (χ0n) is 29.1. The Kier molecular flexibility index (Phi) is 10.2. The number of aryl methyl sites for hydroxylation is 1. The number of hydrogen-bond acceptors (Lipinski definition) is 6. The molecule has 7 rings (SSSR count). The van der Waals surface area contributed by atoms with Crippen molar-refractivity contribution in [3.05, 3.63) is 66.0 Å². The van der Waals surface area contributed by atoms with Gasteiger partial charge in [0.2, 0.25) is 5.91 Å². The average molecular weight is 687 g/mol. The molecule has 0 radical (unpaired) electrons. The van der Waals surface area contributed by atoms with Crippen molar-refractivity contribution in [2.45, 2.75) is 94.4 Å². The Morgan fingerprint density at radius 1 is 0.959 bits per heavy atom. The minimum absolute atomic E-state index is 0.0430. The number of hydrogen-bond donors (Lipinski definition) is 0. The van der Waals surface area contributed by atoms with Gasteiger partial charge in [-0.25, -0.2) is 4.79 Å². The van der Waals surface area contributed by atoms with Crippen LogP contribution in [0.4, 0.5) is 10.5 Å². The van der Waals surface area contributed by atoms with Crippen molar-refractivity contribution in [2.75, 3.05) is 37.9 Å². The van der Waals surface area contributed by atoms with E-state index in [4.69, 9.17) is 9.47 Å². The fourth-order valence-electron chi connectivity index (χ4n) is 7.96. The second-order valence-corrected chi connectivity index (χ2v) is 16.4. The number of likely N-dealkylation sites (tertiary alicyclic amines) is 1. The van der Waals surface area contributed by atoms with Crippen molar-refractivity contribution in [2.24, 2.45) is 11.8 Å². The summed E-state index contributed by atoms with van der Waals surface area (Å²) in [6.07, 6.45) is 14.8. The smallest absolute Gasteiger partial charge is 0.410 e. The van der Waals surface area contributed by atoms with Gasteiger partial charge in [0.25, 0.3) is 0 Å². The molecule has 1 atom stereocenters. The van der Waals surface area contributed by atoms with Crippen LogP contribution in [0.15, 0.2) is 54.9 Å². The monoisotopic (exact) mass is 686 g/mol. The van der Waals surface area contributed by atoms with Gasteiger partial charge < -0.3 is 18.9 Å². The Hall–Kier alpha value is -3.50. The van der Waals surface area contributed by atoms with Crippen molar-refractivity contribution < 1.29 is 23.6 Å². The van der Waals surface area contributed by atoms with E-state index in [0.717, 1.165) is 48.2 Å². The summed E-state index contributed by atoms with van der Waals surface area (Å²) in [5, 5.41) is 4.66. The number of amides is 2. The van der Waals surface area contributed by atoms with Gasteiger partial charge in [0, 0.05) is 29.9 Å². The van der Waals surface area contributed by atoms with Crippen LogP contribution in [-0.4, -0.2) is 75.6 Å². The van der Waals surface area contributed by atoms with Gasteiger partial charge in [-0.05, 0) is 118 Å². The number of carbonyl (C=O) groups excluding carboxylic acids is 2. The predicted molar refractivity (Wildman–Crippen MR) is 192 cm³/mol. The van der Waals surface area contributed by atoms with Gasteiger partial charge in [0.1, 0.15) is 11.9 Å². The molecule has 2 heterocycles. The first kappa shape index (κ1) is 34.0. The normalized spacial score (nSPS) is 24.9. The van der Waals surface area contributed by atoms with Crippen molar-refractivity contribution >= 4 is 28.9 Å². The van der Waals surface area contributed by atoms with Gasteiger partial charge in [-0.1, -0.05) is 35.4 Å². The summed E-state index contributed by atoms with van der Waals surface area (Å²) < 4.78 is 25.1. The van der Waals surface area contributed by atoms with E-state index in [1.807, 2.05) is 6.20 Å². The highest BCUT2D eigenvalue weighted by Crippen LogP contribution is 2.40. The van der Waals surface area contributed by atoms with Crippen LogP contribution < -0.4 is 9.64 Å². The molecule has 4 fully saturated rings. The molecular formula is C39H50N4O5S. The van der Waals surface area contributed by atoms with E-state index in [2.05, 4.69) is 70.3 Å². The van der Waals surface area contributed by atoms with E-state index in [-0.39, 0.29) is 29.3 Å². The summed E-state index contributed by atoms with van der Waals surface area (Å²) in [6, 6.07) is 15.5. The molecule has 3 aromatic rings. The molecule has 0 spiro atoms. The maximum absolute atomic E-state index is 14.5. The van der Waals surface area contributed by atoms with Crippen molar-refractivity contribution in [3.8, 4) is 16.9 Å². The molecule has 9 nitrogen and oxygen atoms in total. The zero-order valence-corrected chi connectivity index (χ0v) is 29.9. The molecule has 1 unspecified atom stereocenters. The van der Waals surface area contributed by atoms with E-state index < -0.39 is 11.2 Å². The summed E-state index contributed by atoms with van der Waals surface area (Å²) in [7, 11) is 1.72. The van der Waals surface area contributed by atoms with E-state index in [1.165, 1.54) is 24.0 Å². The van der Waals surface area contributed by atoms with Gasteiger partial charge in [-0.3, -0.25) is 14.4 Å². The first-order valence-electron chi connectivity index (χ1n) is 18.1. The van der Waals surface area contributed by atoms with Gasteiger partial charge in [0.05, 0.1) is 38.7 Å². The third kappa shape index (κ3) is 7.80. The molecule has 0 N–H and O–H groups in total. The van der Waals surface area contributed by atoms with Gasteiger partial charge in [-0.15, -0.1) is 0 Å². The quantitative estimate of drug-likeness (QED) is 0.208. The molecule has 262 valence electrons. The minimum atomic E-state index is -0.925. The van der Waals surface area contributed by atoms with E-state index in [0.29, 0.717) is 63.2 Å². The van der Waals surface area contributed by atoms with E-state index >= 15 is 0 Å². The van der Waals surface area contributed by atoms with Gasteiger partial charge >= 0.3 is 6.09 Å². The van der Waals surface area contributed by atoms with Crippen LogP contribution in [-0.2, 0) is 20.7 Å².